The van der Waals surface area contributed by atoms with Crippen LogP contribution >= 0.6 is 23.2 Å². The first-order chi connectivity index (χ1) is 16.3. The van der Waals surface area contributed by atoms with Gasteiger partial charge in [0.1, 0.15) is 11.7 Å². The predicted molar refractivity (Wildman–Crippen MR) is 124 cm³/mol. The highest BCUT2D eigenvalue weighted by Gasteiger charge is 2.60. The summed E-state index contributed by atoms with van der Waals surface area (Å²) in [5.74, 6) is -2.04. The number of phenolic OH excluding ortho intramolecular Hbond substituents is 1. The van der Waals surface area contributed by atoms with Gasteiger partial charge in [0.15, 0.2) is 6.10 Å². The Morgan fingerprint density at radius 2 is 1.65 bits per heavy atom. The number of carbonyl (C=O) groups excluding carboxylic acids is 2. The molecule has 2 aliphatic rings. The van der Waals surface area contributed by atoms with Crippen molar-refractivity contribution in [2.45, 2.75) is 12.1 Å². The van der Waals surface area contributed by atoms with Crippen molar-refractivity contribution in [3.8, 4) is 5.75 Å². The van der Waals surface area contributed by atoms with Gasteiger partial charge in [-0.05, 0) is 42.0 Å². The fourth-order valence-corrected chi connectivity index (χ4v) is 4.56. The van der Waals surface area contributed by atoms with E-state index in [2.05, 4.69) is 0 Å². The van der Waals surface area contributed by atoms with Crippen molar-refractivity contribution >= 4 is 52.1 Å². The van der Waals surface area contributed by atoms with Crippen LogP contribution in [0.25, 0.3) is 0 Å². The molecule has 1 N–H and O–H groups in total. The summed E-state index contributed by atoms with van der Waals surface area (Å²) in [7, 11) is 0. The molecule has 0 bridgehead atoms. The van der Waals surface area contributed by atoms with Crippen LogP contribution in [0.15, 0.2) is 66.7 Å². The monoisotopic (exact) mass is 499 g/mol. The van der Waals surface area contributed by atoms with Gasteiger partial charge in [-0.1, -0.05) is 41.4 Å². The number of anilines is 2. The second-order valence-electron chi connectivity index (χ2n) is 7.80. The third-order valence-electron chi connectivity index (χ3n) is 5.81. The number of benzene rings is 3. The Labute approximate surface area is 202 Å². The van der Waals surface area contributed by atoms with Crippen molar-refractivity contribution < 1.29 is 24.5 Å². The van der Waals surface area contributed by atoms with E-state index >= 15 is 0 Å². The van der Waals surface area contributed by atoms with Crippen LogP contribution in [0.5, 0.6) is 5.75 Å². The highest BCUT2D eigenvalue weighted by molar-refractivity contribution is 6.42. The topological polar surface area (TPSA) is 113 Å². The van der Waals surface area contributed by atoms with Gasteiger partial charge in [-0.15, -0.1) is 0 Å². The maximum Gasteiger partial charge on any atom is 0.271 e. The Morgan fingerprint density at radius 1 is 0.912 bits per heavy atom. The van der Waals surface area contributed by atoms with Gasteiger partial charge >= 0.3 is 0 Å². The molecule has 0 saturated carbocycles. The molecule has 2 amide bonds. The molecule has 0 radical (unpaired) electrons. The molecule has 2 fully saturated rings. The molecule has 9 nitrogen and oxygen atoms in total. The molecule has 172 valence electrons. The first-order valence-electron chi connectivity index (χ1n) is 10.1. The number of halogens is 2. The van der Waals surface area contributed by atoms with Crippen molar-refractivity contribution in [2.24, 2.45) is 5.92 Å². The molecule has 0 aromatic heterocycles. The lowest BCUT2D eigenvalue weighted by Gasteiger charge is -2.28. The summed E-state index contributed by atoms with van der Waals surface area (Å²) in [4.78, 5) is 44.6. The van der Waals surface area contributed by atoms with Gasteiger partial charge < -0.3 is 5.11 Å². The number of nitrogens with zero attached hydrogens (tertiary/aromatic N) is 3. The molecule has 11 heteroatoms. The van der Waals surface area contributed by atoms with Crippen molar-refractivity contribution in [3.63, 3.8) is 0 Å². The SMILES string of the molecule is O=C1[C@H]2[C@@H](c3ccc(O)cc3)N(c3cccc([N+](=O)[O-])c3)O[C@H]2C(=O)N1c1ccc(Cl)c(Cl)c1. The first kappa shape index (κ1) is 22.1. The minimum atomic E-state index is -1.17. The Balaban J connectivity index is 1.59. The van der Waals surface area contributed by atoms with Gasteiger partial charge in [0.05, 0.1) is 32.4 Å². The summed E-state index contributed by atoms with van der Waals surface area (Å²) in [6.07, 6.45) is -1.17. The number of nitro benzene ring substituents is 1. The molecular weight excluding hydrogens is 485 g/mol. The lowest BCUT2D eigenvalue weighted by molar-refractivity contribution is -0.384. The predicted octanol–water partition coefficient (Wildman–Crippen LogP) is 4.66. The van der Waals surface area contributed by atoms with Crippen LogP contribution in [0.2, 0.25) is 10.0 Å². The zero-order valence-electron chi connectivity index (χ0n) is 17.2. The van der Waals surface area contributed by atoms with E-state index in [-0.39, 0.29) is 27.2 Å². The molecule has 5 rings (SSSR count). The van der Waals surface area contributed by atoms with Gasteiger partial charge in [0, 0.05) is 12.1 Å². The summed E-state index contributed by atoms with van der Waals surface area (Å²) in [6.45, 7) is 0. The van der Waals surface area contributed by atoms with E-state index in [0.717, 1.165) is 4.90 Å². The van der Waals surface area contributed by atoms with Crippen molar-refractivity contribution in [1.82, 2.24) is 0 Å². The van der Waals surface area contributed by atoms with Gasteiger partial charge in [-0.3, -0.25) is 24.5 Å². The van der Waals surface area contributed by atoms with E-state index in [4.69, 9.17) is 28.0 Å². The number of non-ortho nitro benzene ring substituents is 1. The zero-order valence-corrected chi connectivity index (χ0v) is 18.7. The summed E-state index contributed by atoms with van der Waals surface area (Å²) in [5.41, 5.74) is 0.976. The normalized spacial score (nSPS) is 21.8. The van der Waals surface area contributed by atoms with E-state index < -0.39 is 34.8 Å². The number of fused-ring (bicyclic) bond motifs is 1. The van der Waals surface area contributed by atoms with E-state index in [9.17, 15) is 24.8 Å². The number of hydrogen-bond acceptors (Lipinski definition) is 7. The maximum atomic E-state index is 13.6. The molecule has 2 aliphatic heterocycles. The van der Waals surface area contributed by atoms with Crippen LogP contribution in [0.3, 0.4) is 0 Å². The Morgan fingerprint density at radius 3 is 2.32 bits per heavy atom. The molecule has 3 atom stereocenters. The molecule has 0 unspecified atom stereocenters. The van der Waals surface area contributed by atoms with Crippen LogP contribution in [0.1, 0.15) is 11.6 Å². The highest BCUT2D eigenvalue weighted by Crippen LogP contribution is 2.48. The number of hydroxylamine groups is 1. The van der Waals surface area contributed by atoms with Crippen molar-refractivity contribution in [1.29, 1.82) is 0 Å². The fraction of sp³-hybridized carbons (Fsp3) is 0.130. The highest BCUT2D eigenvalue weighted by atomic mass is 35.5. The lowest BCUT2D eigenvalue weighted by atomic mass is 9.90. The number of nitro groups is 1. The number of hydrogen-bond donors (Lipinski definition) is 1. The quantitative estimate of drug-likeness (QED) is 0.315. The minimum absolute atomic E-state index is 0.0207. The van der Waals surface area contributed by atoms with Crippen LogP contribution in [0, 0.1) is 16.0 Å². The van der Waals surface area contributed by atoms with Gasteiger partial charge in [0.25, 0.3) is 11.6 Å². The standard InChI is InChI=1S/C23H15Cl2N3O6/c24-17-9-6-13(11-18(17)25)26-22(30)19-20(12-4-7-16(29)8-5-12)27(34-21(19)23(26)31)14-2-1-3-15(10-14)28(32)33/h1-11,19-21,29H/t19-,20+,21+/m0/s1. The van der Waals surface area contributed by atoms with Crippen LogP contribution < -0.4 is 9.96 Å². The third kappa shape index (κ3) is 3.54. The lowest BCUT2D eigenvalue weighted by Crippen LogP contribution is -2.37. The largest absolute Gasteiger partial charge is 0.508 e. The number of rotatable bonds is 4. The van der Waals surface area contributed by atoms with Crippen molar-refractivity contribution in [3.05, 3.63) is 92.5 Å². The molecule has 3 aromatic rings. The summed E-state index contributed by atoms with van der Waals surface area (Å²) in [5, 5.41) is 22.8. The molecule has 0 aliphatic carbocycles. The van der Waals surface area contributed by atoms with Gasteiger partial charge in [0.2, 0.25) is 5.91 Å². The Kier molecular flexibility index (Phi) is 5.40. The van der Waals surface area contributed by atoms with Crippen LogP contribution in [-0.2, 0) is 14.4 Å². The average Bonchev–Trinajstić information content (AvgIpc) is 3.32. The summed E-state index contributed by atoms with van der Waals surface area (Å²) in [6, 6.07) is 15.5. The Bertz CT molecular complexity index is 1330. The van der Waals surface area contributed by atoms with Gasteiger partial charge in [-0.25, -0.2) is 9.96 Å². The maximum absolute atomic E-state index is 13.6. The number of phenols is 1. The van der Waals surface area contributed by atoms with Gasteiger partial charge in [-0.2, -0.15) is 0 Å². The van der Waals surface area contributed by atoms with E-state index in [1.54, 1.807) is 18.2 Å². The smallest absolute Gasteiger partial charge is 0.271 e. The van der Waals surface area contributed by atoms with Crippen LogP contribution in [-0.4, -0.2) is 27.9 Å². The zero-order chi connectivity index (χ0) is 24.1. The minimum Gasteiger partial charge on any atom is -0.508 e. The molecule has 2 saturated heterocycles. The second-order valence-corrected chi connectivity index (χ2v) is 8.62. The summed E-state index contributed by atoms with van der Waals surface area (Å²) >= 11 is 12.1. The fourth-order valence-electron chi connectivity index (χ4n) is 4.27. The number of aromatic hydroxyl groups is 1. The van der Waals surface area contributed by atoms with Crippen LogP contribution in [0.4, 0.5) is 17.1 Å². The van der Waals surface area contributed by atoms with E-state index in [1.165, 1.54) is 53.6 Å². The molecular formula is C23H15Cl2N3O6. The molecule has 0 spiro atoms. The number of amides is 2. The molecule has 3 aromatic carbocycles. The number of imide groups is 1. The van der Waals surface area contributed by atoms with E-state index in [0.29, 0.717) is 11.3 Å². The summed E-state index contributed by atoms with van der Waals surface area (Å²) < 4.78 is 0. The second kappa shape index (κ2) is 8.28. The van der Waals surface area contributed by atoms with Crippen molar-refractivity contribution in [2.75, 3.05) is 9.96 Å². The molecule has 2 heterocycles. The average molecular weight is 500 g/mol. The Hall–Kier alpha value is -3.66. The van der Waals surface area contributed by atoms with E-state index in [1.807, 2.05) is 0 Å². The third-order valence-corrected chi connectivity index (χ3v) is 6.55. The molecule has 34 heavy (non-hydrogen) atoms. The number of carbonyl (C=O) groups is 2. The first-order valence-corrected chi connectivity index (χ1v) is 10.8.